The lowest BCUT2D eigenvalue weighted by Crippen LogP contribution is -2.41. The fourth-order valence-electron chi connectivity index (χ4n) is 5.68. The predicted octanol–water partition coefficient (Wildman–Crippen LogP) is 2.19. The van der Waals surface area contributed by atoms with Gasteiger partial charge in [0.2, 0.25) is 11.8 Å². The minimum atomic E-state index is -1.06. The number of carbonyl (C=O) groups excluding carboxylic acids is 3. The molecule has 2 atom stereocenters. The van der Waals surface area contributed by atoms with Gasteiger partial charge in [-0.1, -0.05) is 55.0 Å². The van der Waals surface area contributed by atoms with Crippen molar-refractivity contribution in [2.75, 3.05) is 6.54 Å². The van der Waals surface area contributed by atoms with Crippen molar-refractivity contribution < 1.29 is 19.5 Å². The smallest absolute Gasteiger partial charge is 0.234 e. The summed E-state index contributed by atoms with van der Waals surface area (Å²) in [6.07, 6.45) is 1.81. The van der Waals surface area contributed by atoms with Gasteiger partial charge in [-0.15, -0.1) is 0 Å². The standard InChI is InChI=1S/C24H23NO4/c26-18(27)12-2-1-7-13-25-23(28)21-19-14-8-3-4-9-15(14)20(22(21)24(25)29)17-11-6-5-10-16(17)19/h3-6,8-11,19-22H,1-2,7,12-13H2,(H,26,27)/p-1/t19?,20?,21-,22-/m0/s1. The number of carboxylic acid groups (broad SMARTS) is 1. The molecule has 0 spiro atoms. The minimum absolute atomic E-state index is 0.0158. The highest BCUT2D eigenvalue weighted by Gasteiger charge is 2.61. The number of benzene rings is 2. The third kappa shape index (κ3) is 2.64. The third-order valence-electron chi connectivity index (χ3n) is 6.80. The number of imide groups is 1. The maximum atomic E-state index is 13.3. The van der Waals surface area contributed by atoms with Crippen molar-refractivity contribution in [1.82, 2.24) is 4.90 Å². The van der Waals surface area contributed by atoms with E-state index in [1.165, 1.54) is 27.2 Å². The highest BCUT2D eigenvalue weighted by atomic mass is 16.4. The van der Waals surface area contributed by atoms with Crippen molar-refractivity contribution >= 4 is 17.8 Å². The zero-order valence-corrected chi connectivity index (χ0v) is 16.0. The van der Waals surface area contributed by atoms with E-state index >= 15 is 0 Å². The van der Waals surface area contributed by atoms with E-state index in [-0.39, 0.29) is 41.9 Å². The fourth-order valence-corrected chi connectivity index (χ4v) is 5.68. The number of unbranched alkanes of at least 4 members (excludes halogenated alkanes) is 2. The van der Waals surface area contributed by atoms with Gasteiger partial charge in [-0.2, -0.15) is 0 Å². The molecule has 5 nitrogen and oxygen atoms in total. The molecule has 29 heavy (non-hydrogen) atoms. The van der Waals surface area contributed by atoms with E-state index < -0.39 is 5.97 Å². The van der Waals surface area contributed by atoms with E-state index in [1.54, 1.807) is 0 Å². The Bertz CT molecular complexity index is 898. The molecular weight excluding hydrogens is 366 g/mol. The van der Waals surface area contributed by atoms with Crippen molar-refractivity contribution in [3.8, 4) is 0 Å². The number of aliphatic carboxylic acids is 1. The Balaban J connectivity index is 1.46. The Labute approximate surface area is 169 Å². The van der Waals surface area contributed by atoms with Crippen molar-refractivity contribution in [1.29, 1.82) is 0 Å². The van der Waals surface area contributed by atoms with Crippen LogP contribution in [0.4, 0.5) is 0 Å². The van der Waals surface area contributed by atoms with Gasteiger partial charge in [0.25, 0.3) is 0 Å². The fraction of sp³-hybridized carbons (Fsp3) is 0.375. The molecule has 3 aliphatic carbocycles. The number of rotatable bonds is 6. The van der Waals surface area contributed by atoms with Gasteiger partial charge in [-0.05, 0) is 41.5 Å². The van der Waals surface area contributed by atoms with Crippen LogP contribution in [0.15, 0.2) is 48.5 Å². The zero-order chi connectivity index (χ0) is 20.1. The molecule has 0 N–H and O–H groups in total. The molecule has 1 saturated heterocycles. The molecule has 1 aliphatic heterocycles. The summed E-state index contributed by atoms with van der Waals surface area (Å²) in [7, 11) is 0. The van der Waals surface area contributed by atoms with Crippen LogP contribution < -0.4 is 5.11 Å². The van der Waals surface area contributed by atoms with Gasteiger partial charge >= 0.3 is 0 Å². The summed E-state index contributed by atoms with van der Waals surface area (Å²) in [5, 5.41) is 10.6. The van der Waals surface area contributed by atoms with Gasteiger partial charge in [-0.3, -0.25) is 14.5 Å². The van der Waals surface area contributed by atoms with Crippen molar-refractivity contribution in [3.05, 3.63) is 70.8 Å². The van der Waals surface area contributed by atoms with E-state index in [9.17, 15) is 19.5 Å². The van der Waals surface area contributed by atoms with Crippen LogP contribution in [0.3, 0.4) is 0 Å². The molecule has 6 rings (SSSR count). The van der Waals surface area contributed by atoms with Crippen molar-refractivity contribution in [2.24, 2.45) is 11.8 Å². The van der Waals surface area contributed by atoms with Gasteiger partial charge < -0.3 is 9.90 Å². The van der Waals surface area contributed by atoms with Crippen LogP contribution in [0.25, 0.3) is 0 Å². The number of nitrogens with zero attached hydrogens (tertiary/aromatic N) is 1. The first-order valence-corrected chi connectivity index (χ1v) is 10.3. The Morgan fingerprint density at radius 3 is 1.62 bits per heavy atom. The van der Waals surface area contributed by atoms with E-state index in [0.717, 1.165) is 0 Å². The number of amides is 2. The summed E-state index contributed by atoms with van der Waals surface area (Å²) < 4.78 is 0. The molecule has 1 heterocycles. The molecule has 4 aliphatic rings. The molecule has 2 amide bonds. The maximum absolute atomic E-state index is 13.3. The molecule has 0 radical (unpaired) electrons. The van der Waals surface area contributed by atoms with Crippen LogP contribution in [-0.4, -0.2) is 29.2 Å². The number of likely N-dealkylation sites (tertiary alicyclic amines) is 1. The minimum Gasteiger partial charge on any atom is -0.550 e. The average molecular weight is 388 g/mol. The maximum Gasteiger partial charge on any atom is 0.234 e. The number of carboxylic acids is 1. The molecular formula is C24H22NO4-. The Morgan fingerprint density at radius 2 is 1.21 bits per heavy atom. The quantitative estimate of drug-likeness (QED) is 0.561. The Morgan fingerprint density at radius 1 is 0.759 bits per heavy atom. The van der Waals surface area contributed by atoms with Gasteiger partial charge in [0.1, 0.15) is 0 Å². The van der Waals surface area contributed by atoms with Crippen LogP contribution in [0.2, 0.25) is 0 Å². The van der Waals surface area contributed by atoms with Gasteiger partial charge in [-0.25, -0.2) is 0 Å². The van der Waals surface area contributed by atoms with E-state index in [4.69, 9.17) is 0 Å². The first-order valence-electron chi connectivity index (χ1n) is 10.3. The van der Waals surface area contributed by atoms with Crippen LogP contribution in [0.1, 0.15) is 59.8 Å². The Kier molecular flexibility index (Phi) is 4.26. The van der Waals surface area contributed by atoms with Crippen molar-refractivity contribution in [3.63, 3.8) is 0 Å². The number of carbonyl (C=O) groups is 3. The highest BCUT2D eigenvalue weighted by Crippen LogP contribution is 2.60. The monoisotopic (exact) mass is 388 g/mol. The SMILES string of the molecule is O=C([O-])CCCCCN1C(=O)[C@H]2C3c4ccccc4C(c4ccccc43)[C@@H]2C1=O. The molecule has 2 aromatic rings. The molecule has 0 aromatic heterocycles. The topological polar surface area (TPSA) is 77.5 Å². The number of hydrogen-bond donors (Lipinski definition) is 0. The molecule has 0 unspecified atom stereocenters. The second-order valence-corrected chi connectivity index (χ2v) is 8.28. The summed E-state index contributed by atoms with van der Waals surface area (Å²) in [6, 6.07) is 16.4. The van der Waals surface area contributed by atoms with Crippen molar-refractivity contribution in [2.45, 2.75) is 37.5 Å². The van der Waals surface area contributed by atoms with Gasteiger partial charge in [0.15, 0.2) is 0 Å². The van der Waals surface area contributed by atoms with Crippen LogP contribution >= 0.6 is 0 Å². The lowest BCUT2D eigenvalue weighted by molar-refractivity contribution is -0.305. The molecule has 148 valence electrons. The predicted molar refractivity (Wildman–Crippen MR) is 104 cm³/mol. The summed E-state index contributed by atoms with van der Waals surface area (Å²) in [6.45, 7) is 0.365. The van der Waals surface area contributed by atoms with Crippen LogP contribution in [-0.2, 0) is 14.4 Å². The first kappa shape index (κ1) is 18.1. The first-order chi connectivity index (χ1) is 14.1. The number of hydrogen-bond acceptors (Lipinski definition) is 4. The molecule has 5 heteroatoms. The van der Waals surface area contributed by atoms with E-state index in [0.29, 0.717) is 25.8 Å². The van der Waals surface area contributed by atoms with Gasteiger partial charge in [0.05, 0.1) is 11.8 Å². The average Bonchev–Trinajstić information content (AvgIpc) is 2.98. The highest BCUT2D eigenvalue weighted by molar-refractivity contribution is 6.07. The summed E-state index contributed by atoms with van der Waals surface area (Å²) in [4.78, 5) is 38.7. The second-order valence-electron chi connectivity index (χ2n) is 8.28. The largest absolute Gasteiger partial charge is 0.550 e. The van der Waals surface area contributed by atoms with Crippen LogP contribution in [0.5, 0.6) is 0 Å². The lowest BCUT2D eigenvalue weighted by Gasteiger charge is -2.45. The second kappa shape index (κ2) is 6.83. The molecule has 0 saturated carbocycles. The Hall–Kier alpha value is -2.95. The zero-order valence-electron chi connectivity index (χ0n) is 16.0. The molecule has 1 fully saturated rings. The van der Waals surface area contributed by atoms with Gasteiger partial charge in [0, 0.05) is 24.3 Å². The molecule has 2 bridgehead atoms. The lowest BCUT2D eigenvalue weighted by atomic mass is 9.55. The van der Waals surface area contributed by atoms with Crippen LogP contribution in [0, 0.1) is 11.8 Å². The third-order valence-corrected chi connectivity index (χ3v) is 6.80. The van der Waals surface area contributed by atoms with E-state index in [1.807, 2.05) is 24.3 Å². The normalized spacial score (nSPS) is 26.3. The summed E-state index contributed by atoms with van der Waals surface area (Å²) >= 11 is 0. The molecule has 2 aromatic carbocycles. The summed E-state index contributed by atoms with van der Waals surface area (Å²) in [5.74, 6) is -2.01. The summed E-state index contributed by atoms with van der Waals surface area (Å²) in [5.41, 5.74) is 4.70. The van der Waals surface area contributed by atoms with E-state index in [2.05, 4.69) is 24.3 Å².